The summed E-state index contributed by atoms with van der Waals surface area (Å²) in [5.74, 6) is 0.934. The zero-order valence-electron chi connectivity index (χ0n) is 9.74. The maximum Gasteiger partial charge on any atom is 0.0733 e. The van der Waals surface area contributed by atoms with E-state index < -0.39 is 0 Å². The molecule has 0 aromatic heterocycles. The third-order valence-corrected chi connectivity index (χ3v) is 4.69. The Bertz CT molecular complexity index is 225. The molecule has 2 heterocycles. The van der Waals surface area contributed by atoms with E-state index in [0.717, 1.165) is 5.92 Å². The van der Waals surface area contributed by atoms with Crippen LogP contribution in [0.1, 0.15) is 51.9 Å². The van der Waals surface area contributed by atoms with E-state index in [1.807, 2.05) is 0 Å². The molecule has 3 fully saturated rings. The van der Waals surface area contributed by atoms with Crippen molar-refractivity contribution in [2.24, 2.45) is 5.92 Å². The van der Waals surface area contributed by atoms with E-state index in [1.165, 1.54) is 44.9 Å². The van der Waals surface area contributed by atoms with Crippen LogP contribution in [0.5, 0.6) is 0 Å². The van der Waals surface area contributed by atoms with Gasteiger partial charge >= 0.3 is 0 Å². The molecular formula is C13H23NO. The van der Waals surface area contributed by atoms with E-state index >= 15 is 0 Å². The number of hydrogen-bond donors (Lipinski definition) is 1. The molecule has 1 saturated carbocycles. The summed E-state index contributed by atoms with van der Waals surface area (Å²) in [6, 6.07) is 1.37. The maximum absolute atomic E-state index is 5.89. The van der Waals surface area contributed by atoms with E-state index in [1.54, 1.807) is 0 Å². The molecule has 0 aromatic carbocycles. The Labute approximate surface area is 92.8 Å². The van der Waals surface area contributed by atoms with Gasteiger partial charge in [-0.15, -0.1) is 0 Å². The van der Waals surface area contributed by atoms with Gasteiger partial charge in [0, 0.05) is 12.1 Å². The first-order chi connectivity index (χ1) is 7.33. The van der Waals surface area contributed by atoms with Gasteiger partial charge < -0.3 is 10.1 Å². The van der Waals surface area contributed by atoms with Gasteiger partial charge in [0.25, 0.3) is 0 Å². The Balaban J connectivity index is 1.52. The normalized spacial score (nSPS) is 42.6. The molecule has 0 spiro atoms. The standard InChI is InChI=1S/C13H23NO/c1-9(10-4-2-3-5-10)14-12-8-11-6-7-13(12)15-11/h9-14H,2-8H2,1H3. The van der Waals surface area contributed by atoms with Crippen LogP contribution in [0.4, 0.5) is 0 Å². The minimum Gasteiger partial charge on any atom is -0.373 e. The Hall–Kier alpha value is -0.0800. The van der Waals surface area contributed by atoms with Gasteiger partial charge in [0.15, 0.2) is 0 Å². The molecule has 3 rings (SSSR count). The molecule has 0 aromatic rings. The Morgan fingerprint density at radius 3 is 2.53 bits per heavy atom. The third-order valence-electron chi connectivity index (χ3n) is 4.69. The lowest BCUT2D eigenvalue weighted by atomic mass is 9.92. The van der Waals surface area contributed by atoms with Gasteiger partial charge in [-0.3, -0.25) is 0 Å². The van der Waals surface area contributed by atoms with Crippen molar-refractivity contribution in [2.45, 2.75) is 76.2 Å². The van der Waals surface area contributed by atoms with Crippen molar-refractivity contribution >= 4 is 0 Å². The molecule has 2 aliphatic heterocycles. The molecule has 2 bridgehead atoms. The fourth-order valence-electron chi connectivity index (χ4n) is 3.74. The molecule has 2 nitrogen and oxygen atoms in total. The lowest BCUT2D eigenvalue weighted by Crippen LogP contribution is -2.45. The van der Waals surface area contributed by atoms with Crippen molar-refractivity contribution in [1.82, 2.24) is 5.32 Å². The number of ether oxygens (including phenoxy) is 1. The summed E-state index contributed by atoms with van der Waals surface area (Å²) >= 11 is 0. The number of hydrogen-bond acceptors (Lipinski definition) is 2. The summed E-state index contributed by atoms with van der Waals surface area (Å²) in [6.07, 6.45) is 10.8. The molecule has 4 unspecified atom stereocenters. The molecule has 3 aliphatic rings. The van der Waals surface area contributed by atoms with Gasteiger partial charge in [-0.25, -0.2) is 0 Å². The van der Waals surface area contributed by atoms with Crippen LogP contribution in [-0.4, -0.2) is 24.3 Å². The van der Waals surface area contributed by atoms with Crippen molar-refractivity contribution in [2.75, 3.05) is 0 Å². The highest BCUT2D eigenvalue weighted by atomic mass is 16.5. The van der Waals surface area contributed by atoms with E-state index in [-0.39, 0.29) is 0 Å². The largest absolute Gasteiger partial charge is 0.373 e. The molecule has 2 heteroatoms. The summed E-state index contributed by atoms with van der Waals surface area (Å²) in [6.45, 7) is 2.38. The molecule has 2 saturated heterocycles. The van der Waals surface area contributed by atoms with Gasteiger partial charge in [0.1, 0.15) is 0 Å². The van der Waals surface area contributed by atoms with Crippen LogP contribution in [0.25, 0.3) is 0 Å². The highest BCUT2D eigenvalue weighted by molar-refractivity contribution is 4.95. The predicted octanol–water partition coefficient (Wildman–Crippen LogP) is 2.47. The highest BCUT2D eigenvalue weighted by Crippen LogP contribution is 2.35. The smallest absolute Gasteiger partial charge is 0.0733 e. The van der Waals surface area contributed by atoms with Gasteiger partial charge in [-0.1, -0.05) is 12.8 Å². The van der Waals surface area contributed by atoms with Crippen LogP contribution in [-0.2, 0) is 4.74 Å². The van der Waals surface area contributed by atoms with Crippen LogP contribution < -0.4 is 5.32 Å². The monoisotopic (exact) mass is 209 g/mol. The molecule has 1 N–H and O–H groups in total. The Kier molecular flexibility index (Phi) is 2.73. The van der Waals surface area contributed by atoms with Crippen LogP contribution >= 0.6 is 0 Å². The van der Waals surface area contributed by atoms with E-state index in [9.17, 15) is 0 Å². The van der Waals surface area contributed by atoms with Gasteiger partial charge in [0.05, 0.1) is 12.2 Å². The second kappa shape index (κ2) is 4.06. The molecule has 0 amide bonds. The minimum absolute atomic E-state index is 0.541. The first-order valence-electron chi connectivity index (χ1n) is 6.74. The average Bonchev–Trinajstić information content (AvgIpc) is 2.95. The van der Waals surface area contributed by atoms with Gasteiger partial charge in [-0.05, 0) is 44.9 Å². The second-order valence-corrected chi connectivity index (χ2v) is 5.72. The number of nitrogens with one attached hydrogen (secondary N) is 1. The van der Waals surface area contributed by atoms with Gasteiger partial charge in [-0.2, -0.15) is 0 Å². The molecule has 86 valence electrons. The summed E-state index contributed by atoms with van der Waals surface area (Å²) < 4.78 is 5.89. The van der Waals surface area contributed by atoms with Crippen molar-refractivity contribution in [1.29, 1.82) is 0 Å². The summed E-state index contributed by atoms with van der Waals surface area (Å²) in [5, 5.41) is 3.83. The lowest BCUT2D eigenvalue weighted by Gasteiger charge is -2.28. The summed E-state index contributed by atoms with van der Waals surface area (Å²) in [7, 11) is 0. The van der Waals surface area contributed by atoms with Crippen molar-refractivity contribution < 1.29 is 4.74 Å². The number of rotatable bonds is 3. The van der Waals surface area contributed by atoms with Crippen LogP contribution in [0, 0.1) is 5.92 Å². The fraction of sp³-hybridized carbons (Fsp3) is 1.00. The van der Waals surface area contributed by atoms with Crippen molar-refractivity contribution in [3.05, 3.63) is 0 Å². The molecule has 0 radical (unpaired) electrons. The number of fused-ring (bicyclic) bond motifs is 2. The van der Waals surface area contributed by atoms with Crippen LogP contribution in [0.3, 0.4) is 0 Å². The van der Waals surface area contributed by atoms with E-state index in [2.05, 4.69) is 12.2 Å². The Morgan fingerprint density at radius 1 is 1.13 bits per heavy atom. The second-order valence-electron chi connectivity index (χ2n) is 5.72. The minimum atomic E-state index is 0.541. The van der Waals surface area contributed by atoms with Gasteiger partial charge in [0.2, 0.25) is 0 Å². The third kappa shape index (κ3) is 1.94. The van der Waals surface area contributed by atoms with Crippen LogP contribution in [0.2, 0.25) is 0 Å². The SMILES string of the molecule is CC(NC1CC2CCC1O2)C1CCCC1. The Morgan fingerprint density at radius 2 is 1.93 bits per heavy atom. The molecular weight excluding hydrogens is 186 g/mol. The first kappa shape index (κ1) is 10.1. The quantitative estimate of drug-likeness (QED) is 0.771. The zero-order valence-corrected chi connectivity index (χ0v) is 9.74. The predicted molar refractivity (Wildman–Crippen MR) is 60.9 cm³/mol. The first-order valence-corrected chi connectivity index (χ1v) is 6.74. The zero-order chi connectivity index (χ0) is 10.3. The fourth-order valence-corrected chi connectivity index (χ4v) is 3.74. The summed E-state index contributed by atoms with van der Waals surface area (Å²) in [5.41, 5.74) is 0. The van der Waals surface area contributed by atoms with E-state index in [4.69, 9.17) is 4.74 Å². The maximum atomic E-state index is 5.89. The topological polar surface area (TPSA) is 21.3 Å². The lowest BCUT2D eigenvalue weighted by molar-refractivity contribution is 0.0951. The van der Waals surface area contributed by atoms with Crippen LogP contribution in [0.15, 0.2) is 0 Å². The van der Waals surface area contributed by atoms with Crippen molar-refractivity contribution in [3.8, 4) is 0 Å². The molecule has 1 aliphatic carbocycles. The average molecular weight is 209 g/mol. The summed E-state index contributed by atoms with van der Waals surface area (Å²) in [4.78, 5) is 0. The van der Waals surface area contributed by atoms with E-state index in [0.29, 0.717) is 24.3 Å². The molecule has 15 heavy (non-hydrogen) atoms. The molecule has 4 atom stereocenters. The highest BCUT2D eigenvalue weighted by Gasteiger charge is 2.41. The van der Waals surface area contributed by atoms with Crippen molar-refractivity contribution in [3.63, 3.8) is 0 Å².